The zero-order chi connectivity index (χ0) is 31.1. The molecule has 0 aliphatic carbocycles. The minimum Gasteiger partial charge on any atom is -0.497 e. The van der Waals surface area contributed by atoms with Crippen LogP contribution in [0.5, 0.6) is 17.2 Å². The topological polar surface area (TPSA) is 93.1 Å². The molecule has 0 N–H and O–H groups in total. The summed E-state index contributed by atoms with van der Waals surface area (Å²) in [6, 6.07) is 18.0. The van der Waals surface area contributed by atoms with E-state index in [9.17, 15) is 14.0 Å². The first-order valence-electron chi connectivity index (χ1n) is 14.5. The number of hydrazone groups is 1. The fourth-order valence-electron chi connectivity index (χ4n) is 5.41. The van der Waals surface area contributed by atoms with Crippen LogP contribution in [-0.4, -0.2) is 99.6 Å². The van der Waals surface area contributed by atoms with Gasteiger partial charge in [0, 0.05) is 43.7 Å². The number of amides is 2. The SMILES string of the molecule is COc1ccc(C(=O)N(CCN2CCOCC2)CC(=O)N2N=C(c3ccccc3F)C[C@@H]2c2ccc(OC)c(OC)c2)cc1. The van der Waals surface area contributed by atoms with Crippen LogP contribution in [0.25, 0.3) is 0 Å². The summed E-state index contributed by atoms with van der Waals surface area (Å²) >= 11 is 0. The van der Waals surface area contributed by atoms with E-state index < -0.39 is 11.9 Å². The van der Waals surface area contributed by atoms with Gasteiger partial charge in [0.25, 0.3) is 11.8 Å². The first kappa shape index (κ1) is 31.0. The molecule has 3 aromatic carbocycles. The van der Waals surface area contributed by atoms with E-state index in [-0.39, 0.29) is 24.8 Å². The maximum Gasteiger partial charge on any atom is 0.262 e. The van der Waals surface area contributed by atoms with Crippen LogP contribution in [0, 0.1) is 5.82 Å². The molecule has 2 aliphatic rings. The summed E-state index contributed by atoms with van der Waals surface area (Å²) in [5.74, 6) is 0.575. The number of rotatable bonds is 11. The van der Waals surface area contributed by atoms with Gasteiger partial charge in [-0.15, -0.1) is 0 Å². The molecule has 1 saturated heterocycles. The van der Waals surface area contributed by atoms with Gasteiger partial charge in [0.05, 0.1) is 46.3 Å². The Balaban J connectivity index is 1.45. The Morgan fingerprint density at radius 3 is 2.36 bits per heavy atom. The van der Waals surface area contributed by atoms with Crippen LogP contribution in [0.2, 0.25) is 0 Å². The van der Waals surface area contributed by atoms with Crippen LogP contribution in [0.3, 0.4) is 0 Å². The smallest absolute Gasteiger partial charge is 0.262 e. The number of carbonyl (C=O) groups is 2. The van der Waals surface area contributed by atoms with Crippen molar-refractivity contribution in [3.8, 4) is 17.2 Å². The van der Waals surface area contributed by atoms with Gasteiger partial charge in [-0.3, -0.25) is 14.5 Å². The molecule has 2 aliphatic heterocycles. The van der Waals surface area contributed by atoms with E-state index in [1.807, 2.05) is 6.07 Å². The number of hydrogen-bond acceptors (Lipinski definition) is 8. The van der Waals surface area contributed by atoms with Crippen molar-refractivity contribution in [1.82, 2.24) is 14.8 Å². The van der Waals surface area contributed by atoms with Crippen LogP contribution in [0.1, 0.15) is 33.9 Å². The molecule has 2 heterocycles. The van der Waals surface area contributed by atoms with Crippen molar-refractivity contribution in [3.05, 3.63) is 89.2 Å². The van der Waals surface area contributed by atoms with E-state index in [0.29, 0.717) is 60.4 Å². The Morgan fingerprint density at radius 2 is 1.68 bits per heavy atom. The summed E-state index contributed by atoms with van der Waals surface area (Å²) < 4.78 is 36.5. The van der Waals surface area contributed by atoms with E-state index in [4.69, 9.17) is 18.9 Å². The lowest BCUT2D eigenvalue weighted by molar-refractivity contribution is -0.133. The molecule has 0 aromatic heterocycles. The number of hydrogen-bond donors (Lipinski definition) is 0. The highest BCUT2D eigenvalue weighted by molar-refractivity contribution is 6.04. The second-order valence-corrected chi connectivity index (χ2v) is 10.5. The normalized spacial score (nSPS) is 16.8. The number of halogens is 1. The lowest BCUT2D eigenvalue weighted by atomic mass is 9.97. The molecule has 0 saturated carbocycles. The van der Waals surface area contributed by atoms with Crippen LogP contribution in [0.15, 0.2) is 71.8 Å². The molecule has 0 radical (unpaired) electrons. The summed E-state index contributed by atoms with van der Waals surface area (Å²) in [6.07, 6.45) is 0.280. The second kappa shape index (κ2) is 14.3. The summed E-state index contributed by atoms with van der Waals surface area (Å²) in [5, 5.41) is 6.01. The third kappa shape index (κ3) is 7.00. The number of carbonyl (C=O) groups excluding carboxylic acids is 2. The lowest BCUT2D eigenvalue weighted by Crippen LogP contribution is -2.46. The minimum atomic E-state index is -0.547. The Bertz CT molecular complexity index is 1490. The van der Waals surface area contributed by atoms with Crippen molar-refractivity contribution in [3.63, 3.8) is 0 Å². The molecule has 2 amide bonds. The van der Waals surface area contributed by atoms with Crippen molar-refractivity contribution in [2.75, 3.05) is 67.3 Å². The third-order valence-corrected chi connectivity index (χ3v) is 7.88. The zero-order valence-corrected chi connectivity index (χ0v) is 25.2. The van der Waals surface area contributed by atoms with E-state index in [0.717, 1.165) is 18.7 Å². The van der Waals surface area contributed by atoms with Gasteiger partial charge >= 0.3 is 0 Å². The Labute approximate surface area is 256 Å². The Kier molecular flexibility index (Phi) is 10.1. The molecule has 0 spiro atoms. The van der Waals surface area contributed by atoms with Gasteiger partial charge in [-0.2, -0.15) is 5.10 Å². The quantitative estimate of drug-likeness (QED) is 0.327. The second-order valence-electron chi connectivity index (χ2n) is 10.5. The van der Waals surface area contributed by atoms with E-state index in [1.54, 1.807) is 73.7 Å². The Morgan fingerprint density at radius 1 is 0.955 bits per heavy atom. The first-order chi connectivity index (χ1) is 21.4. The number of ether oxygens (including phenoxy) is 4. The molecule has 232 valence electrons. The summed E-state index contributed by atoms with van der Waals surface area (Å²) in [5.41, 5.74) is 1.95. The monoisotopic (exact) mass is 604 g/mol. The maximum atomic E-state index is 14.9. The third-order valence-electron chi connectivity index (χ3n) is 7.88. The summed E-state index contributed by atoms with van der Waals surface area (Å²) in [7, 11) is 4.65. The van der Waals surface area contributed by atoms with Gasteiger partial charge in [0.2, 0.25) is 0 Å². The van der Waals surface area contributed by atoms with Gasteiger partial charge in [0.1, 0.15) is 18.1 Å². The Hall–Kier alpha value is -4.48. The zero-order valence-electron chi connectivity index (χ0n) is 25.2. The largest absolute Gasteiger partial charge is 0.497 e. The predicted octanol–water partition coefficient (Wildman–Crippen LogP) is 4.00. The fraction of sp³-hybridized carbons (Fsp3) is 0.364. The molecule has 0 unspecified atom stereocenters. The lowest BCUT2D eigenvalue weighted by Gasteiger charge is -2.31. The van der Waals surface area contributed by atoms with E-state index in [1.165, 1.54) is 18.2 Å². The van der Waals surface area contributed by atoms with Crippen LogP contribution >= 0.6 is 0 Å². The van der Waals surface area contributed by atoms with Crippen molar-refractivity contribution in [2.45, 2.75) is 12.5 Å². The highest BCUT2D eigenvalue weighted by Gasteiger charge is 2.36. The van der Waals surface area contributed by atoms with Crippen molar-refractivity contribution in [2.24, 2.45) is 5.10 Å². The molecular formula is C33H37FN4O6. The van der Waals surface area contributed by atoms with Crippen LogP contribution in [0.4, 0.5) is 4.39 Å². The molecule has 1 fully saturated rings. The molecule has 1 atom stereocenters. The fourth-order valence-corrected chi connectivity index (χ4v) is 5.41. The first-order valence-corrected chi connectivity index (χ1v) is 14.5. The maximum absolute atomic E-state index is 14.9. The number of nitrogens with zero attached hydrogens (tertiary/aromatic N) is 4. The molecule has 5 rings (SSSR count). The molecule has 11 heteroatoms. The molecule has 3 aromatic rings. The number of morpholine rings is 1. The molecule has 10 nitrogen and oxygen atoms in total. The van der Waals surface area contributed by atoms with Gasteiger partial charge < -0.3 is 23.8 Å². The van der Waals surface area contributed by atoms with Gasteiger partial charge in [-0.1, -0.05) is 24.3 Å². The predicted molar refractivity (Wildman–Crippen MR) is 163 cm³/mol. The van der Waals surface area contributed by atoms with Gasteiger partial charge in [-0.05, 0) is 48.0 Å². The molecular weight excluding hydrogens is 567 g/mol. The van der Waals surface area contributed by atoms with E-state index in [2.05, 4.69) is 10.0 Å². The standard InChI is InChI=1S/C33H37FN4O6/c1-41-25-11-8-23(9-12-25)33(40)37(15-14-36-16-18-44-19-17-36)22-32(39)38-29(24-10-13-30(42-2)31(20-24)43-3)21-28(35-38)26-6-4-5-7-27(26)34/h4-13,20,29H,14-19,21-22H2,1-3H3/t29-/m1/s1. The molecule has 44 heavy (non-hydrogen) atoms. The molecule has 0 bridgehead atoms. The van der Waals surface area contributed by atoms with Crippen molar-refractivity contribution >= 4 is 17.5 Å². The average molecular weight is 605 g/mol. The van der Waals surface area contributed by atoms with Crippen LogP contribution < -0.4 is 14.2 Å². The highest BCUT2D eigenvalue weighted by atomic mass is 19.1. The van der Waals surface area contributed by atoms with Gasteiger partial charge in [0.15, 0.2) is 11.5 Å². The van der Waals surface area contributed by atoms with Crippen LogP contribution in [-0.2, 0) is 9.53 Å². The van der Waals surface area contributed by atoms with Gasteiger partial charge in [-0.25, -0.2) is 9.40 Å². The van der Waals surface area contributed by atoms with Crippen molar-refractivity contribution < 1.29 is 32.9 Å². The highest BCUT2D eigenvalue weighted by Crippen LogP contribution is 2.37. The van der Waals surface area contributed by atoms with E-state index >= 15 is 0 Å². The summed E-state index contributed by atoms with van der Waals surface area (Å²) in [4.78, 5) is 31.6. The average Bonchev–Trinajstić information content (AvgIpc) is 3.52. The minimum absolute atomic E-state index is 0.215. The number of benzene rings is 3. The number of methoxy groups -OCH3 is 3. The summed E-state index contributed by atoms with van der Waals surface area (Å²) in [6.45, 7) is 3.45. The van der Waals surface area contributed by atoms with Crippen molar-refractivity contribution in [1.29, 1.82) is 0 Å².